The molecule has 0 saturated carbocycles. The maximum Gasteiger partial charge on any atom is 0.220 e. The fourth-order valence-corrected chi connectivity index (χ4v) is 2.17. The van der Waals surface area contributed by atoms with Crippen molar-refractivity contribution in [3.05, 3.63) is 42.2 Å². The van der Waals surface area contributed by atoms with Gasteiger partial charge in [-0.3, -0.25) is 14.5 Å². The Bertz CT molecular complexity index is 579. The topological polar surface area (TPSA) is 72.7 Å². The number of carbonyl (C=O) groups excluding carboxylic acids is 1. The van der Waals surface area contributed by atoms with E-state index < -0.39 is 0 Å². The van der Waals surface area contributed by atoms with E-state index in [4.69, 9.17) is 0 Å². The minimum Gasteiger partial charge on any atom is -0.346 e. The molecule has 2 aromatic heterocycles. The first kappa shape index (κ1) is 15.2. The van der Waals surface area contributed by atoms with Crippen LogP contribution in [0.25, 0.3) is 0 Å². The van der Waals surface area contributed by atoms with Crippen molar-refractivity contribution in [3.63, 3.8) is 0 Å². The SMILES string of the molecule is CC(C)[C@@H](NC(=O)CCc1ccncc1)c1ncnn1C. The highest BCUT2D eigenvalue weighted by atomic mass is 16.1. The number of aromatic nitrogens is 4. The molecule has 2 heterocycles. The number of pyridine rings is 1. The van der Waals surface area contributed by atoms with Gasteiger partial charge in [0.2, 0.25) is 5.91 Å². The Morgan fingerprint density at radius 3 is 2.62 bits per heavy atom. The molecule has 0 unspecified atom stereocenters. The average Bonchev–Trinajstić information content (AvgIpc) is 2.89. The molecule has 0 aromatic carbocycles. The molecule has 0 bridgehead atoms. The molecule has 6 heteroatoms. The van der Waals surface area contributed by atoms with Crippen LogP contribution in [-0.2, 0) is 18.3 Å². The summed E-state index contributed by atoms with van der Waals surface area (Å²) in [5.74, 6) is 1.05. The molecule has 6 nitrogen and oxygen atoms in total. The van der Waals surface area contributed by atoms with Gasteiger partial charge in [0.15, 0.2) is 0 Å². The summed E-state index contributed by atoms with van der Waals surface area (Å²) in [7, 11) is 1.83. The summed E-state index contributed by atoms with van der Waals surface area (Å²) in [6.07, 6.45) is 6.14. The Morgan fingerprint density at radius 1 is 1.33 bits per heavy atom. The molecule has 21 heavy (non-hydrogen) atoms. The second kappa shape index (κ2) is 6.97. The summed E-state index contributed by atoms with van der Waals surface area (Å²) in [6, 6.07) is 3.73. The highest BCUT2D eigenvalue weighted by Crippen LogP contribution is 2.19. The zero-order valence-electron chi connectivity index (χ0n) is 12.7. The molecule has 2 rings (SSSR count). The fourth-order valence-electron chi connectivity index (χ4n) is 2.17. The molecule has 1 atom stereocenters. The Balaban J connectivity index is 1.95. The van der Waals surface area contributed by atoms with Crippen LogP contribution in [0.15, 0.2) is 30.9 Å². The predicted molar refractivity (Wildman–Crippen MR) is 79.3 cm³/mol. The van der Waals surface area contributed by atoms with Crippen LogP contribution < -0.4 is 5.32 Å². The normalized spacial score (nSPS) is 12.4. The molecule has 0 spiro atoms. The standard InChI is InChI=1S/C15H21N5O/c1-11(2)14(15-17-10-18-20(15)3)19-13(21)5-4-12-6-8-16-9-7-12/h6-11,14H,4-5H2,1-3H3,(H,19,21)/t14-/m1/s1. The minimum atomic E-state index is -0.123. The van der Waals surface area contributed by atoms with Gasteiger partial charge >= 0.3 is 0 Å². The maximum atomic E-state index is 12.2. The van der Waals surface area contributed by atoms with Crippen LogP contribution in [0.3, 0.4) is 0 Å². The Hall–Kier alpha value is -2.24. The molecule has 0 saturated heterocycles. The third kappa shape index (κ3) is 4.11. The summed E-state index contributed by atoms with van der Waals surface area (Å²) in [6.45, 7) is 4.12. The van der Waals surface area contributed by atoms with Gasteiger partial charge in [-0.15, -0.1) is 0 Å². The maximum absolute atomic E-state index is 12.2. The van der Waals surface area contributed by atoms with E-state index in [2.05, 4.69) is 34.2 Å². The lowest BCUT2D eigenvalue weighted by Gasteiger charge is -2.21. The van der Waals surface area contributed by atoms with Crippen molar-refractivity contribution in [1.29, 1.82) is 0 Å². The number of hydrogen-bond donors (Lipinski definition) is 1. The monoisotopic (exact) mass is 287 g/mol. The van der Waals surface area contributed by atoms with Crippen molar-refractivity contribution in [2.24, 2.45) is 13.0 Å². The summed E-state index contributed by atoms with van der Waals surface area (Å²) in [5.41, 5.74) is 1.11. The van der Waals surface area contributed by atoms with E-state index in [9.17, 15) is 4.79 Å². The molecule has 0 radical (unpaired) electrons. The van der Waals surface area contributed by atoms with Crippen molar-refractivity contribution in [3.8, 4) is 0 Å². The molecular weight excluding hydrogens is 266 g/mol. The van der Waals surface area contributed by atoms with Crippen molar-refractivity contribution in [2.45, 2.75) is 32.7 Å². The zero-order valence-corrected chi connectivity index (χ0v) is 12.7. The molecule has 0 aliphatic heterocycles. The zero-order chi connectivity index (χ0) is 15.2. The predicted octanol–water partition coefficient (Wildman–Crippen LogP) is 1.66. The lowest BCUT2D eigenvalue weighted by Crippen LogP contribution is -2.33. The summed E-state index contributed by atoms with van der Waals surface area (Å²) in [4.78, 5) is 20.4. The lowest BCUT2D eigenvalue weighted by molar-refractivity contribution is -0.122. The molecule has 1 N–H and O–H groups in total. The second-order valence-electron chi connectivity index (χ2n) is 5.39. The van der Waals surface area contributed by atoms with Crippen LogP contribution in [0.4, 0.5) is 0 Å². The van der Waals surface area contributed by atoms with Gasteiger partial charge in [0.05, 0.1) is 6.04 Å². The third-order valence-corrected chi connectivity index (χ3v) is 3.40. The molecular formula is C15H21N5O. The second-order valence-corrected chi connectivity index (χ2v) is 5.39. The number of amides is 1. The van der Waals surface area contributed by atoms with E-state index in [0.29, 0.717) is 12.8 Å². The van der Waals surface area contributed by atoms with Crippen LogP contribution >= 0.6 is 0 Å². The Morgan fingerprint density at radius 2 is 2.05 bits per heavy atom. The third-order valence-electron chi connectivity index (χ3n) is 3.40. The van der Waals surface area contributed by atoms with E-state index in [0.717, 1.165) is 11.4 Å². The van der Waals surface area contributed by atoms with Crippen LogP contribution in [0.2, 0.25) is 0 Å². The number of nitrogens with zero attached hydrogens (tertiary/aromatic N) is 4. The summed E-state index contributed by atoms with van der Waals surface area (Å²) >= 11 is 0. The van der Waals surface area contributed by atoms with Crippen LogP contribution in [-0.4, -0.2) is 25.7 Å². The molecule has 2 aromatic rings. The quantitative estimate of drug-likeness (QED) is 0.877. The van der Waals surface area contributed by atoms with Crippen molar-refractivity contribution in [2.75, 3.05) is 0 Å². The first-order valence-corrected chi connectivity index (χ1v) is 7.10. The Kier molecular flexibility index (Phi) is 5.03. The van der Waals surface area contributed by atoms with Crippen molar-refractivity contribution < 1.29 is 4.79 Å². The summed E-state index contributed by atoms with van der Waals surface area (Å²) < 4.78 is 1.70. The van der Waals surface area contributed by atoms with Gasteiger partial charge in [0, 0.05) is 25.9 Å². The van der Waals surface area contributed by atoms with Crippen molar-refractivity contribution >= 4 is 5.91 Å². The number of rotatable bonds is 6. The highest BCUT2D eigenvalue weighted by Gasteiger charge is 2.22. The van der Waals surface area contributed by atoms with E-state index >= 15 is 0 Å². The van der Waals surface area contributed by atoms with Gasteiger partial charge in [0.1, 0.15) is 12.2 Å². The number of hydrogen-bond acceptors (Lipinski definition) is 4. The van der Waals surface area contributed by atoms with Gasteiger partial charge < -0.3 is 5.32 Å². The highest BCUT2D eigenvalue weighted by molar-refractivity contribution is 5.76. The average molecular weight is 287 g/mol. The number of carbonyl (C=O) groups is 1. The fraction of sp³-hybridized carbons (Fsp3) is 0.467. The van der Waals surface area contributed by atoms with Gasteiger partial charge in [-0.25, -0.2) is 4.98 Å². The molecule has 1 amide bonds. The Labute approximate surface area is 124 Å². The minimum absolute atomic E-state index is 0.0218. The van der Waals surface area contributed by atoms with E-state index in [1.165, 1.54) is 6.33 Å². The van der Waals surface area contributed by atoms with Crippen molar-refractivity contribution in [1.82, 2.24) is 25.1 Å². The lowest BCUT2D eigenvalue weighted by atomic mass is 10.0. The molecule has 0 fully saturated rings. The van der Waals surface area contributed by atoms with Crippen LogP contribution in [0.1, 0.15) is 37.7 Å². The molecule has 112 valence electrons. The van der Waals surface area contributed by atoms with Crippen LogP contribution in [0.5, 0.6) is 0 Å². The first-order valence-electron chi connectivity index (χ1n) is 7.10. The molecule has 0 aliphatic rings. The van der Waals surface area contributed by atoms with Gasteiger partial charge in [-0.1, -0.05) is 13.8 Å². The van der Waals surface area contributed by atoms with Gasteiger partial charge in [-0.05, 0) is 30.0 Å². The smallest absolute Gasteiger partial charge is 0.220 e. The van der Waals surface area contributed by atoms with Gasteiger partial charge in [0.25, 0.3) is 0 Å². The number of aryl methyl sites for hydroxylation is 2. The van der Waals surface area contributed by atoms with Crippen LogP contribution in [0, 0.1) is 5.92 Å². The van der Waals surface area contributed by atoms with E-state index in [1.54, 1.807) is 17.1 Å². The number of nitrogens with one attached hydrogen (secondary N) is 1. The van der Waals surface area contributed by atoms with E-state index in [-0.39, 0.29) is 17.9 Å². The van der Waals surface area contributed by atoms with Gasteiger partial charge in [-0.2, -0.15) is 5.10 Å². The van der Waals surface area contributed by atoms with E-state index in [1.807, 2.05) is 19.2 Å². The first-order chi connectivity index (χ1) is 10.1. The summed E-state index contributed by atoms with van der Waals surface area (Å²) in [5, 5.41) is 7.12. The molecule has 0 aliphatic carbocycles. The largest absolute Gasteiger partial charge is 0.346 e.